The van der Waals surface area contributed by atoms with Gasteiger partial charge < -0.3 is 20.2 Å². The number of amides is 1. The number of piperidine rings is 1. The molecule has 2 aromatic rings. The molecule has 3 rings (SSSR count). The summed E-state index contributed by atoms with van der Waals surface area (Å²) in [4.78, 5) is 14.6. The number of rotatable bonds is 7. The molecule has 1 aliphatic rings. The summed E-state index contributed by atoms with van der Waals surface area (Å²) >= 11 is 5.86. The van der Waals surface area contributed by atoms with E-state index in [1.807, 2.05) is 24.3 Å². The number of benzene rings is 1. The zero-order valence-electron chi connectivity index (χ0n) is 14.6. The first-order chi connectivity index (χ1) is 12.6. The maximum atomic E-state index is 12.2. The molecule has 1 amide bonds. The monoisotopic (exact) mass is 377 g/mol. The third-order valence-corrected chi connectivity index (χ3v) is 4.78. The highest BCUT2D eigenvalue weighted by Gasteiger charge is 2.21. The average molecular weight is 378 g/mol. The van der Waals surface area contributed by atoms with E-state index in [4.69, 9.17) is 26.5 Å². The molecule has 2 heterocycles. The van der Waals surface area contributed by atoms with Gasteiger partial charge in [-0.1, -0.05) is 11.6 Å². The van der Waals surface area contributed by atoms with Crippen LogP contribution in [0.15, 0.2) is 41.0 Å². The number of carbonyl (C=O) groups is 1. The molecule has 7 heteroatoms. The topological polar surface area (TPSA) is 80.7 Å². The Labute approximate surface area is 158 Å². The van der Waals surface area contributed by atoms with Gasteiger partial charge in [0.15, 0.2) is 0 Å². The van der Waals surface area contributed by atoms with Crippen LogP contribution in [-0.4, -0.2) is 43.1 Å². The molecule has 0 radical (unpaired) electrons. The van der Waals surface area contributed by atoms with Crippen molar-refractivity contribution in [2.75, 3.05) is 26.2 Å². The van der Waals surface area contributed by atoms with Crippen molar-refractivity contribution in [1.29, 1.82) is 0 Å². The molecule has 1 aliphatic heterocycles. The van der Waals surface area contributed by atoms with E-state index in [-0.39, 0.29) is 11.9 Å². The SMILES string of the molecule is NCc1cc(C(=O)NC2CCN(CCOc3ccc(Cl)cc3)CC2)co1. The van der Waals surface area contributed by atoms with Gasteiger partial charge in [-0.3, -0.25) is 9.69 Å². The van der Waals surface area contributed by atoms with Gasteiger partial charge in [0.05, 0.1) is 12.1 Å². The van der Waals surface area contributed by atoms with E-state index in [0.29, 0.717) is 29.5 Å². The van der Waals surface area contributed by atoms with Crippen molar-refractivity contribution in [3.05, 3.63) is 52.9 Å². The van der Waals surface area contributed by atoms with Crippen molar-refractivity contribution < 1.29 is 13.9 Å². The second-order valence-electron chi connectivity index (χ2n) is 6.40. The Bertz CT molecular complexity index is 709. The fourth-order valence-electron chi connectivity index (χ4n) is 3.00. The minimum absolute atomic E-state index is 0.0991. The summed E-state index contributed by atoms with van der Waals surface area (Å²) in [6.07, 6.45) is 3.31. The fraction of sp³-hybridized carbons (Fsp3) is 0.421. The molecule has 1 saturated heterocycles. The first kappa shape index (κ1) is 18.8. The van der Waals surface area contributed by atoms with E-state index in [1.54, 1.807) is 6.07 Å². The third kappa shape index (κ3) is 5.24. The number of hydrogen-bond donors (Lipinski definition) is 2. The Kier molecular flexibility index (Phi) is 6.55. The van der Waals surface area contributed by atoms with E-state index in [1.165, 1.54) is 6.26 Å². The average Bonchev–Trinajstić information content (AvgIpc) is 3.14. The summed E-state index contributed by atoms with van der Waals surface area (Å²) in [6, 6.07) is 9.26. The normalized spacial score (nSPS) is 15.8. The Hall–Kier alpha value is -2.02. The number of halogens is 1. The van der Waals surface area contributed by atoms with Crippen molar-refractivity contribution in [3.8, 4) is 5.75 Å². The van der Waals surface area contributed by atoms with Gasteiger partial charge in [0, 0.05) is 30.7 Å². The first-order valence-electron chi connectivity index (χ1n) is 8.83. The smallest absolute Gasteiger partial charge is 0.254 e. The van der Waals surface area contributed by atoms with Gasteiger partial charge in [-0.15, -0.1) is 0 Å². The van der Waals surface area contributed by atoms with Crippen LogP contribution in [0, 0.1) is 0 Å². The highest BCUT2D eigenvalue weighted by molar-refractivity contribution is 6.30. The van der Waals surface area contributed by atoms with Crippen LogP contribution >= 0.6 is 11.6 Å². The highest BCUT2D eigenvalue weighted by atomic mass is 35.5. The number of nitrogens with one attached hydrogen (secondary N) is 1. The van der Waals surface area contributed by atoms with Crippen molar-refractivity contribution in [2.45, 2.75) is 25.4 Å². The lowest BCUT2D eigenvalue weighted by molar-refractivity contribution is 0.0905. The molecule has 0 saturated carbocycles. The minimum Gasteiger partial charge on any atom is -0.492 e. The van der Waals surface area contributed by atoms with E-state index >= 15 is 0 Å². The molecule has 6 nitrogen and oxygen atoms in total. The van der Waals surface area contributed by atoms with Gasteiger partial charge in [0.2, 0.25) is 0 Å². The lowest BCUT2D eigenvalue weighted by Gasteiger charge is -2.32. The molecule has 1 fully saturated rings. The van der Waals surface area contributed by atoms with Crippen molar-refractivity contribution in [3.63, 3.8) is 0 Å². The number of carbonyl (C=O) groups excluding carboxylic acids is 1. The number of furan rings is 1. The Morgan fingerprint density at radius 1 is 1.31 bits per heavy atom. The zero-order chi connectivity index (χ0) is 18.4. The molecule has 1 aromatic carbocycles. The van der Waals surface area contributed by atoms with Crippen LogP contribution in [0.5, 0.6) is 5.75 Å². The van der Waals surface area contributed by atoms with Crippen LogP contribution in [0.2, 0.25) is 5.02 Å². The summed E-state index contributed by atoms with van der Waals surface area (Å²) in [5.41, 5.74) is 6.03. The fourth-order valence-corrected chi connectivity index (χ4v) is 3.13. The summed E-state index contributed by atoms with van der Waals surface area (Å²) in [7, 11) is 0. The van der Waals surface area contributed by atoms with Crippen molar-refractivity contribution >= 4 is 17.5 Å². The molecular formula is C19H24ClN3O3. The second-order valence-corrected chi connectivity index (χ2v) is 6.83. The third-order valence-electron chi connectivity index (χ3n) is 4.53. The number of nitrogens with two attached hydrogens (primary N) is 1. The van der Waals surface area contributed by atoms with Crippen LogP contribution < -0.4 is 15.8 Å². The van der Waals surface area contributed by atoms with Crippen molar-refractivity contribution in [2.24, 2.45) is 5.73 Å². The van der Waals surface area contributed by atoms with Gasteiger partial charge in [0.25, 0.3) is 5.91 Å². The lowest BCUT2D eigenvalue weighted by Crippen LogP contribution is -2.45. The molecular weight excluding hydrogens is 354 g/mol. The van der Waals surface area contributed by atoms with Gasteiger partial charge in [-0.25, -0.2) is 0 Å². The molecule has 0 aliphatic carbocycles. The molecule has 3 N–H and O–H groups in total. The number of hydrogen-bond acceptors (Lipinski definition) is 5. The van der Waals surface area contributed by atoms with Gasteiger partial charge >= 0.3 is 0 Å². The van der Waals surface area contributed by atoms with Crippen LogP contribution in [-0.2, 0) is 6.54 Å². The quantitative estimate of drug-likeness (QED) is 0.775. The lowest BCUT2D eigenvalue weighted by atomic mass is 10.0. The second kappa shape index (κ2) is 9.07. The van der Waals surface area contributed by atoms with Gasteiger partial charge in [-0.2, -0.15) is 0 Å². The maximum Gasteiger partial charge on any atom is 0.254 e. The van der Waals surface area contributed by atoms with Crippen LogP contribution in [0.4, 0.5) is 0 Å². The van der Waals surface area contributed by atoms with E-state index in [9.17, 15) is 4.79 Å². The molecule has 26 heavy (non-hydrogen) atoms. The van der Waals surface area contributed by atoms with Crippen LogP contribution in [0.1, 0.15) is 29.0 Å². The highest BCUT2D eigenvalue weighted by Crippen LogP contribution is 2.16. The molecule has 0 bridgehead atoms. The summed E-state index contributed by atoms with van der Waals surface area (Å²) in [5, 5.41) is 3.77. The summed E-state index contributed by atoms with van der Waals surface area (Å²) in [6.45, 7) is 3.67. The Morgan fingerprint density at radius 3 is 2.69 bits per heavy atom. The number of likely N-dealkylation sites (tertiary alicyclic amines) is 1. The predicted molar refractivity (Wildman–Crippen MR) is 100 cm³/mol. The predicted octanol–water partition coefficient (Wildman–Crippen LogP) is 2.66. The Balaban J connectivity index is 1.36. The maximum absolute atomic E-state index is 12.2. The van der Waals surface area contributed by atoms with E-state index < -0.39 is 0 Å². The number of nitrogens with zero attached hydrogens (tertiary/aromatic N) is 1. The standard InChI is InChI=1S/C19H24ClN3O3/c20-15-1-3-17(4-2-15)25-10-9-23-7-5-16(6-8-23)22-19(24)14-11-18(12-21)26-13-14/h1-4,11,13,16H,5-10,12,21H2,(H,22,24). The largest absolute Gasteiger partial charge is 0.492 e. The molecule has 1 aromatic heterocycles. The van der Waals surface area contributed by atoms with Crippen LogP contribution in [0.25, 0.3) is 0 Å². The zero-order valence-corrected chi connectivity index (χ0v) is 15.4. The van der Waals surface area contributed by atoms with E-state index in [2.05, 4.69) is 10.2 Å². The summed E-state index contributed by atoms with van der Waals surface area (Å²) in [5.74, 6) is 1.34. The number of ether oxygens (including phenoxy) is 1. The minimum atomic E-state index is -0.0991. The Morgan fingerprint density at radius 2 is 2.04 bits per heavy atom. The van der Waals surface area contributed by atoms with Crippen LogP contribution in [0.3, 0.4) is 0 Å². The van der Waals surface area contributed by atoms with Gasteiger partial charge in [-0.05, 0) is 43.2 Å². The van der Waals surface area contributed by atoms with E-state index in [0.717, 1.165) is 38.2 Å². The van der Waals surface area contributed by atoms with Gasteiger partial charge in [0.1, 0.15) is 24.4 Å². The summed E-state index contributed by atoms with van der Waals surface area (Å²) < 4.78 is 10.9. The molecule has 0 atom stereocenters. The van der Waals surface area contributed by atoms with Crippen molar-refractivity contribution in [1.82, 2.24) is 10.2 Å². The molecule has 0 unspecified atom stereocenters. The molecule has 140 valence electrons. The molecule has 0 spiro atoms. The first-order valence-corrected chi connectivity index (χ1v) is 9.21.